The highest BCUT2D eigenvalue weighted by Crippen LogP contribution is 2.19. The molecule has 0 spiro atoms. The van der Waals surface area contributed by atoms with Crippen molar-refractivity contribution in [3.63, 3.8) is 0 Å². The van der Waals surface area contributed by atoms with E-state index < -0.39 is 0 Å². The molecule has 21 heavy (non-hydrogen) atoms. The fourth-order valence-corrected chi connectivity index (χ4v) is 2.75. The smallest absolute Gasteiger partial charge is 0.220 e. The van der Waals surface area contributed by atoms with E-state index in [9.17, 15) is 4.79 Å². The molecule has 1 saturated heterocycles. The number of ether oxygens (including phenoxy) is 1. The van der Waals surface area contributed by atoms with Crippen LogP contribution in [0.2, 0.25) is 0 Å². The van der Waals surface area contributed by atoms with Gasteiger partial charge in [-0.1, -0.05) is 12.1 Å². The van der Waals surface area contributed by atoms with Crippen LogP contribution in [0, 0.1) is 5.92 Å². The Bertz CT molecular complexity index is 439. The average Bonchev–Trinajstić information content (AvgIpc) is 2.49. The van der Waals surface area contributed by atoms with E-state index in [0.29, 0.717) is 18.9 Å². The van der Waals surface area contributed by atoms with Crippen LogP contribution in [-0.2, 0) is 4.79 Å². The Morgan fingerprint density at radius 1 is 1.33 bits per heavy atom. The first-order valence-electron chi connectivity index (χ1n) is 7.92. The Kier molecular flexibility index (Phi) is 6.05. The minimum Gasteiger partial charge on any atom is -0.494 e. The van der Waals surface area contributed by atoms with Gasteiger partial charge in [-0.15, -0.1) is 0 Å². The van der Waals surface area contributed by atoms with E-state index in [1.165, 1.54) is 0 Å². The van der Waals surface area contributed by atoms with Crippen molar-refractivity contribution in [2.75, 3.05) is 19.7 Å². The number of hydrogen-bond acceptors (Lipinski definition) is 3. The summed E-state index contributed by atoms with van der Waals surface area (Å²) in [4.78, 5) is 12.1. The molecule has 4 nitrogen and oxygen atoms in total. The maximum Gasteiger partial charge on any atom is 0.220 e. The molecular formula is C17H26N2O2. The second-order valence-electron chi connectivity index (χ2n) is 5.69. The maximum atomic E-state index is 12.1. The predicted molar refractivity (Wildman–Crippen MR) is 84.4 cm³/mol. The largest absolute Gasteiger partial charge is 0.494 e. The zero-order valence-corrected chi connectivity index (χ0v) is 13.0. The van der Waals surface area contributed by atoms with Crippen molar-refractivity contribution >= 4 is 5.91 Å². The van der Waals surface area contributed by atoms with E-state index in [4.69, 9.17) is 4.74 Å². The standard InChI is InChI=1S/C17H26N2O2/c1-3-21-16-6-4-15(5-7-16)13(2)19-17(20)12-14-8-10-18-11-9-14/h4-7,13-14,18H,3,8-12H2,1-2H3,(H,19,20). The van der Waals surface area contributed by atoms with Gasteiger partial charge in [-0.25, -0.2) is 0 Å². The normalized spacial score (nSPS) is 17.2. The van der Waals surface area contributed by atoms with Crippen LogP contribution in [0.5, 0.6) is 5.75 Å². The van der Waals surface area contributed by atoms with Crippen LogP contribution in [0.25, 0.3) is 0 Å². The highest BCUT2D eigenvalue weighted by Gasteiger charge is 2.18. The van der Waals surface area contributed by atoms with Crippen molar-refractivity contribution in [1.29, 1.82) is 0 Å². The topological polar surface area (TPSA) is 50.4 Å². The van der Waals surface area contributed by atoms with Crippen LogP contribution >= 0.6 is 0 Å². The van der Waals surface area contributed by atoms with E-state index in [2.05, 4.69) is 10.6 Å². The molecule has 0 radical (unpaired) electrons. The lowest BCUT2D eigenvalue weighted by Crippen LogP contribution is -2.33. The number of amides is 1. The van der Waals surface area contributed by atoms with Crippen LogP contribution in [0.4, 0.5) is 0 Å². The number of piperidine rings is 1. The Balaban J connectivity index is 1.82. The summed E-state index contributed by atoms with van der Waals surface area (Å²) in [6.45, 7) is 6.73. The average molecular weight is 290 g/mol. The molecule has 4 heteroatoms. The number of hydrogen-bond donors (Lipinski definition) is 2. The Hall–Kier alpha value is -1.55. The summed E-state index contributed by atoms with van der Waals surface area (Å²) in [6, 6.07) is 7.97. The summed E-state index contributed by atoms with van der Waals surface area (Å²) in [6.07, 6.45) is 2.85. The maximum absolute atomic E-state index is 12.1. The van der Waals surface area contributed by atoms with Crippen molar-refractivity contribution in [1.82, 2.24) is 10.6 Å². The second kappa shape index (κ2) is 8.03. The fraction of sp³-hybridized carbons (Fsp3) is 0.588. The van der Waals surface area contributed by atoms with E-state index in [1.54, 1.807) is 0 Å². The molecule has 1 amide bonds. The monoisotopic (exact) mass is 290 g/mol. The van der Waals surface area contributed by atoms with Gasteiger partial charge in [0.05, 0.1) is 12.6 Å². The third-order valence-corrected chi connectivity index (χ3v) is 4.00. The van der Waals surface area contributed by atoms with Gasteiger partial charge in [-0.2, -0.15) is 0 Å². The summed E-state index contributed by atoms with van der Waals surface area (Å²) in [5.74, 6) is 1.55. The molecule has 1 heterocycles. The lowest BCUT2D eigenvalue weighted by Gasteiger charge is -2.23. The van der Waals surface area contributed by atoms with Gasteiger partial charge in [-0.3, -0.25) is 4.79 Å². The van der Waals surface area contributed by atoms with Crippen molar-refractivity contribution in [2.45, 2.75) is 39.2 Å². The molecular weight excluding hydrogens is 264 g/mol. The molecule has 1 fully saturated rings. The SMILES string of the molecule is CCOc1ccc(C(C)NC(=O)CC2CCNCC2)cc1. The van der Waals surface area contributed by atoms with Crippen LogP contribution in [-0.4, -0.2) is 25.6 Å². The van der Waals surface area contributed by atoms with Crippen LogP contribution in [0.3, 0.4) is 0 Å². The van der Waals surface area contributed by atoms with E-state index >= 15 is 0 Å². The summed E-state index contributed by atoms with van der Waals surface area (Å²) < 4.78 is 5.43. The van der Waals surface area contributed by atoms with Gasteiger partial charge in [-0.05, 0) is 63.4 Å². The quantitative estimate of drug-likeness (QED) is 0.847. The predicted octanol–water partition coefficient (Wildman–Crippen LogP) is 2.65. The lowest BCUT2D eigenvalue weighted by molar-refractivity contribution is -0.122. The fourth-order valence-electron chi connectivity index (χ4n) is 2.75. The molecule has 0 aliphatic carbocycles. The first-order chi connectivity index (χ1) is 10.2. The second-order valence-corrected chi connectivity index (χ2v) is 5.69. The minimum absolute atomic E-state index is 0.0369. The zero-order chi connectivity index (χ0) is 15.1. The minimum atomic E-state index is 0.0369. The van der Waals surface area contributed by atoms with E-state index in [0.717, 1.165) is 37.2 Å². The number of carbonyl (C=O) groups excluding carboxylic acids is 1. The Morgan fingerprint density at radius 2 is 2.00 bits per heavy atom. The summed E-state index contributed by atoms with van der Waals surface area (Å²) in [5, 5.41) is 6.42. The van der Waals surface area contributed by atoms with E-state index in [1.807, 2.05) is 38.1 Å². The first kappa shape index (κ1) is 15.8. The van der Waals surface area contributed by atoms with Crippen LogP contribution < -0.4 is 15.4 Å². The highest BCUT2D eigenvalue weighted by atomic mass is 16.5. The summed E-state index contributed by atoms with van der Waals surface area (Å²) >= 11 is 0. The van der Waals surface area contributed by atoms with Gasteiger partial charge in [0, 0.05) is 6.42 Å². The molecule has 2 N–H and O–H groups in total. The number of benzene rings is 1. The third-order valence-electron chi connectivity index (χ3n) is 4.00. The van der Waals surface area contributed by atoms with Gasteiger partial charge < -0.3 is 15.4 Å². The molecule has 1 aliphatic rings. The lowest BCUT2D eigenvalue weighted by atomic mass is 9.94. The Labute approximate surface area is 127 Å². The number of rotatable bonds is 6. The third kappa shape index (κ3) is 5.05. The van der Waals surface area contributed by atoms with Crippen molar-refractivity contribution in [3.8, 4) is 5.75 Å². The summed E-state index contributed by atoms with van der Waals surface area (Å²) in [5.41, 5.74) is 1.11. The van der Waals surface area contributed by atoms with E-state index in [-0.39, 0.29) is 11.9 Å². The number of nitrogens with one attached hydrogen (secondary N) is 2. The van der Waals surface area contributed by atoms with Crippen LogP contribution in [0.15, 0.2) is 24.3 Å². The van der Waals surface area contributed by atoms with Gasteiger partial charge in [0.1, 0.15) is 5.75 Å². The van der Waals surface area contributed by atoms with Crippen LogP contribution in [0.1, 0.15) is 44.7 Å². The summed E-state index contributed by atoms with van der Waals surface area (Å²) in [7, 11) is 0. The van der Waals surface area contributed by atoms with Gasteiger partial charge in [0.15, 0.2) is 0 Å². The molecule has 116 valence electrons. The molecule has 1 atom stereocenters. The van der Waals surface area contributed by atoms with Crippen molar-refractivity contribution in [2.24, 2.45) is 5.92 Å². The van der Waals surface area contributed by atoms with Gasteiger partial charge in [0.2, 0.25) is 5.91 Å². The molecule has 0 aromatic heterocycles. The van der Waals surface area contributed by atoms with Gasteiger partial charge in [0.25, 0.3) is 0 Å². The zero-order valence-electron chi connectivity index (χ0n) is 13.0. The number of carbonyl (C=O) groups is 1. The molecule has 1 unspecified atom stereocenters. The molecule has 2 rings (SSSR count). The van der Waals surface area contributed by atoms with Crippen molar-refractivity contribution < 1.29 is 9.53 Å². The van der Waals surface area contributed by atoms with Gasteiger partial charge >= 0.3 is 0 Å². The highest BCUT2D eigenvalue weighted by molar-refractivity contribution is 5.76. The molecule has 0 saturated carbocycles. The van der Waals surface area contributed by atoms with Crippen molar-refractivity contribution in [3.05, 3.63) is 29.8 Å². The molecule has 0 bridgehead atoms. The molecule has 1 aromatic rings. The Morgan fingerprint density at radius 3 is 2.62 bits per heavy atom. The molecule has 1 aromatic carbocycles. The first-order valence-corrected chi connectivity index (χ1v) is 7.92. The molecule has 1 aliphatic heterocycles.